The summed E-state index contributed by atoms with van der Waals surface area (Å²) in [5.41, 5.74) is 9.58. The number of benzene rings is 8. The normalized spacial score (nSPS) is 11.3. The Bertz CT molecular complexity index is 3430. The molecule has 0 saturated carbocycles. The van der Waals surface area contributed by atoms with Crippen LogP contribution < -0.4 is 18.9 Å². The molecule has 0 bridgehead atoms. The number of ether oxygens (including phenoxy) is 7. The monoisotopic (exact) mass is 1310 g/mol. The van der Waals surface area contributed by atoms with Gasteiger partial charge in [-0.3, -0.25) is 19.6 Å². The van der Waals surface area contributed by atoms with Gasteiger partial charge in [-0.1, -0.05) is 268 Å². The number of aliphatic hydroxyl groups is 1. The van der Waals surface area contributed by atoms with Crippen LogP contribution in [-0.4, -0.2) is 159 Å². The molecule has 0 heterocycles. The van der Waals surface area contributed by atoms with E-state index in [-0.39, 0.29) is 6.61 Å². The van der Waals surface area contributed by atoms with Crippen LogP contribution in [0.5, 0.6) is 23.0 Å². The summed E-state index contributed by atoms with van der Waals surface area (Å²) >= 11 is 0. The number of hydrogen-bond acceptors (Lipinski definition) is 12. The van der Waals surface area contributed by atoms with Crippen LogP contribution in [0.1, 0.15) is 44.5 Å². The Kier molecular flexibility index (Phi) is 41.4. The van der Waals surface area contributed by atoms with Crippen molar-refractivity contribution >= 4 is 30.4 Å². The fourth-order valence-electron chi connectivity index (χ4n) is 9.76. The van der Waals surface area contributed by atoms with Gasteiger partial charge >= 0.3 is 0 Å². The fraction of sp³-hybridized carbons (Fsp3) is 0.271. The van der Waals surface area contributed by atoms with Gasteiger partial charge < -0.3 is 38.3 Å². The second-order valence-electron chi connectivity index (χ2n) is 22.4. The second kappa shape index (κ2) is 51.1. The number of methoxy groups -OCH3 is 5. The van der Waals surface area contributed by atoms with Gasteiger partial charge in [-0.05, 0) is 69.8 Å². The highest BCUT2D eigenvalue weighted by molar-refractivity contribution is 5.57. The number of aliphatic hydroxyl groups excluding tert-OH is 1. The van der Waals surface area contributed by atoms with E-state index in [0.29, 0.717) is 26.4 Å². The highest BCUT2D eigenvalue weighted by Gasteiger charge is 2.11. The number of rotatable bonds is 40. The molecule has 0 atom stereocenters. The number of hydrogen-bond donors (Lipinski definition) is 1. The molecule has 0 unspecified atom stereocenters. The minimum Gasteiger partial charge on any atom is -0.497 e. The zero-order chi connectivity index (χ0) is 68.9. The van der Waals surface area contributed by atoms with Gasteiger partial charge in [0.1, 0.15) is 36.2 Å². The molecule has 0 aromatic heterocycles. The highest BCUT2D eigenvalue weighted by atomic mass is 16.5. The lowest BCUT2D eigenvalue weighted by atomic mass is 10.1. The molecule has 8 rings (SSSR count). The lowest BCUT2D eigenvalue weighted by molar-refractivity contribution is 0.150. The molecule has 0 amide bonds. The van der Waals surface area contributed by atoms with Gasteiger partial charge in [0.2, 0.25) is 0 Å². The van der Waals surface area contributed by atoms with Crippen LogP contribution in [0.2, 0.25) is 0 Å². The summed E-state index contributed by atoms with van der Waals surface area (Å²) in [4.78, 5) is 9.26. The van der Waals surface area contributed by atoms with E-state index in [9.17, 15) is 5.11 Å². The van der Waals surface area contributed by atoms with Crippen molar-refractivity contribution in [1.29, 1.82) is 0 Å². The first-order chi connectivity index (χ1) is 47.8. The van der Waals surface area contributed by atoms with Gasteiger partial charge in [0.25, 0.3) is 0 Å². The minimum atomic E-state index is 0.152. The third kappa shape index (κ3) is 34.9. The van der Waals surface area contributed by atoms with Crippen molar-refractivity contribution in [2.45, 2.75) is 19.6 Å². The third-order valence-corrected chi connectivity index (χ3v) is 14.9. The summed E-state index contributed by atoms with van der Waals surface area (Å²) in [6, 6.07) is 73.8. The van der Waals surface area contributed by atoms with Crippen LogP contribution in [0, 0.1) is 0 Å². The van der Waals surface area contributed by atoms with Crippen molar-refractivity contribution in [3.05, 3.63) is 319 Å². The van der Waals surface area contributed by atoms with E-state index < -0.39 is 0 Å². The molecule has 97 heavy (non-hydrogen) atoms. The summed E-state index contributed by atoms with van der Waals surface area (Å²) in [5, 5.41) is 9.28. The molecule has 12 heteroatoms. The third-order valence-electron chi connectivity index (χ3n) is 14.9. The summed E-state index contributed by atoms with van der Waals surface area (Å²) in [7, 11) is 8.60. The van der Waals surface area contributed by atoms with Crippen LogP contribution in [0.25, 0.3) is 30.4 Å². The summed E-state index contributed by atoms with van der Waals surface area (Å²) in [6.07, 6.45) is 25.1. The summed E-state index contributed by atoms with van der Waals surface area (Å²) in [5.74, 6) is 3.54. The van der Waals surface area contributed by atoms with E-state index in [1.54, 1.807) is 47.7 Å². The Morgan fingerprint density at radius 2 is 0.701 bits per heavy atom. The largest absolute Gasteiger partial charge is 0.497 e. The zero-order valence-electron chi connectivity index (χ0n) is 57.9. The fourth-order valence-corrected chi connectivity index (χ4v) is 9.76. The first-order valence-corrected chi connectivity index (χ1v) is 33.2. The molecule has 8 aromatic carbocycles. The van der Waals surface area contributed by atoms with Gasteiger partial charge in [0.15, 0.2) is 0 Å². The Hall–Kier alpha value is -9.18. The van der Waals surface area contributed by atoms with Gasteiger partial charge in [-0.2, -0.15) is 0 Å². The van der Waals surface area contributed by atoms with Crippen LogP contribution in [-0.2, 0) is 33.8 Å². The van der Waals surface area contributed by atoms with Crippen molar-refractivity contribution in [2.75, 3.05) is 134 Å². The molecule has 0 radical (unpaired) electrons. The molecule has 0 saturated heterocycles. The van der Waals surface area contributed by atoms with Crippen molar-refractivity contribution in [1.82, 2.24) is 19.6 Å². The zero-order valence-corrected chi connectivity index (χ0v) is 57.9. The van der Waals surface area contributed by atoms with Crippen molar-refractivity contribution in [3.63, 3.8) is 0 Å². The van der Waals surface area contributed by atoms with Gasteiger partial charge in [-0.15, -0.1) is 0 Å². The maximum Gasteiger partial charge on any atom is 0.126 e. The SMILES string of the molecule is C=CCOc1ccc(CN(C/C=C/c2ccccc2)CCO)cc1.C=CCOc1ccccc1CN(C/C=C/c1ccccc1)CCOC.COCCN(C/C=C/c1ccccc1)C/C=C/c1ccccc1OC.COCCN(C/C=C/c1ccccc1)Cc1ccc(OC)cc1. The van der Waals surface area contributed by atoms with E-state index in [2.05, 4.69) is 215 Å². The first kappa shape index (κ1) is 78.5. The van der Waals surface area contributed by atoms with Crippen LogP contribution >= 0.6 is 0 Å². The average Bonchev–Trinajstić information content (AvgIpc) is 1.50. The van der Waals surface area contributed by atoms with Gasteiger partial charge in [0, 0.05) is 111 Å². The van der Waals surface area contributed by atoms with E-state index in [1.807, 2.05) is 97.1 Å². The van der Waals surface area contributed by atoms with E-state index >= 15 is 0 Å². The van der Waals surface area contributed by atoms with E-state index in [0.717, 1.165) is 114 Å². The Balaban J connectivity index is 0.000000234. The maximum absolute atomic E-state index is 9.28. The maximum atomic E-state index is 9.28. The molecule has 0 fully saturated rings. The summed E-state index contributed by atoms with van der Waals surface area (Å²) in [6.45, 7) is 20.8. The molecule has 0 spiro atoms. The first-order valence-electron chi connectivity index (χ1n) is 33.2. The molecule has 0 aliphatic heterocycles. The quantitative estimate of drug-likeness (QED) is 0.0370. The highest BCUT2D eigenvalue weighted by Crippen LogP contribution is 2.22. The topological polar surface area (TPSA) is 97.8 Å². The Morgan fingerprint density at radius 1 is 0.340 bits per heavy atom. The smallest absolute Gasteiger partial charge is 0.126 e. The molecule has 0 aliphatic carbocycles. The van der Waals surface area contributed by atoms with Crippen LogP contribution in [0.4, 0.5) is 0 Å². The number of nitrogens with zero attached hydrogens (tertiary/aromatic N) is 4. The molecule has 1 N–H and O–H groups in total. The lowest BCUT2D eigenvalue weighted by Gasteiger charge is -2.22. The van der Waals surface area contributed by atoms with Crippen molar-refractivity contribution < 1.29 is 38.3 Å². The van der Waals surface area contributed by atoms with Crippen LogP contribution in [0.15, 0.2) is 274 Å². The van der Waals surface area contributed by atoms with E-state index in [1.165, 1.54) is 38.9 Å². The summed E-state index contributed by atoms with van der Waals surface area (Å²) < 4.78 is 37.6. The van der Waals surface area contributed by atoms with Crippen molar-refractivity contribution in [3.8, 4) is 23.0 Å². The minimum absolute atomic E-state index is 0.152. The average molecular weight is 1310 g/mol. The Labute approximate surface area is 580 Å². The second-order valence-corrected chi connectivity index (χ2v) is 22.4. The van der Waals surface area contributed by atoms with Gasteiger partial charge in [0.05, 0.1) is 40.6 Å². The predicted molar refractivity (Wildman–Crippen MR) is 406 cm³/mol. The molecule has 12 nitrogen and oxygen atoms in total. The molecule has 512 valence electrons. The van der Waals surface area contributed by atoms with Crippen molar-refractivity contribution in [2.24, 2.45) is 0 Å². The molecule has 0 aliphatic rings. The molecular weight excluding hydrogens is 1200 g/mol. The van der Waals surface area contributed by atoms with E-state index in [4.69, 9.17) is 33.2 Å². The van der Waals surface area contributed by atoms with Gasteiger partial charge in [-0.25, -0.2) is 0 Å². The van der Waals surface area contributed by atoms with Crippen LogP contribution in [0.3, 0.4) is 0 Å². The number of para-hydroxylation sites is 2. The molecule has 8 aromatic rings. The molecular formula is C85H104N4O8. The Morgan fingerprint density at radius 3 is 1.12 bits per heavy atom. The standard InChI is InChI=1S/2C22H27NO2.C21H25NO2.C20H25NO2/c1-24-19-18-23(16-8-12-20-10-4-3-5-11-20)17-9-14-21-13-6-7-15-22(21)25-2;1-3-17-25-22-14-8-7-13-21(22)19-23(16-18-24-2)15-9-12-20-10-5-4-6-11-20;1-2-17-24-21-12-10-20(11-13-21)18-22(15-16-23)14-6-9-19-7-4-3-5-8-19;1-22-16-15-21(14-6-9-18-7-4-3-5-8-18)17-19-10-12-20(23-2)13-11-19/h3-15H,16-19H2,1-2H3;3-14H,1,15-19H2,2H3;2-13,23H,1,14-18H2;3-13H,14-17H2,1-2H3/b12-8+,14-9+;12-9+;2*9-6+. The lowest BCUT2D eigenvalue weighted by Crippen LogP contribution is -2.27. The predicted octanol–water partition coefficient (Wildman–Crippen LogP) is 16.4.